The molecule has 2 rings (SSSR count). The van der Waals surface area contributed by atoms with E-state index in [9.17, 15) is 0 Å². The van der Waals surface area contributed by atoms with E-state index in [4.69, 9.17) is 16.3 Å². The van der Waals surface area contributed by atoms with E-state index in [1.165, 1.54) is 5.56 Å². The Bertz CT molecular complexity index is 602. The van der Waals surface area contributed by atoms with Crippen LogP contribution in [-0.4, -0.2) is 0 Å². The van der Waals surface area contributed by atoms with E-state index in [1.807, 2.05) is 19.1 Å². The van der Waals surface area contributed by atoms with Crippen LogP contribution in [0.1, 0.15) is 42.0 Å². The highest BCUT2D eigenvalue weighted by Crippen LogP contribution is 2.26. The first-order valence-electron chi connectivity index (χ1n) is 6.95. The lowest BCUT2D eigenvalue weighted by Gasteiger charge is -2.13. The molecule has 20 heavy (non-hydrogen) atoms. The van der Waals surface area contributed by atoms with Crippen LogP contribution in [0.25, 0.3) is 0 Å². The first-order valence-corrected chi connectivity index (χ1v) is 7.33. The zero-order chi connectivity index (χ0) is 14.7. The molecule has 0 fully saturated rings. The van der Waals surface area contributed by atoms with Crippen molar-refractivity contribution in [2.24, 2.45) is 0 Å². The summed E-state index contributed by atoms with van der Waals surface area (Å²) in [4.78, 5) is 0. The molecule has 0 radical (unpaired) electrons. The van der Waals surface area contributed by atoms with Crippen molar-refractivity contribution in [2.75, 3.05) is 0 Å². The SMILES string of the molecule is Cc1ccc(COc2cc(C(C)C)ccc2C)c(Cl)c1. The van der Waals surface area contributed by atoms with Gasteiger partial charge in [0.2, 0.25) is 0 Å². The van der Waals surface area contributed by atoms with Gasteiger partial charge < -0.3 is 4.74 Å². The summed E-state index contributed by atoms with van der Waals surface area (Å²) in [5, 5.41) is 0.766. The predicted molar refractivity (Wildman–Crippen MR) is 85.8 cm³/mol. The molecule has 0 heterocycles. The van der Waals surface area contributed by atoms with Gasteiger partial charge in [0.25, 0.3) is 0 Å². The summed E-state index contributed by atoms with van der Waals surface area (Å²) in [6.07, 6.45) is 0. The average molecular weight is 289 g/mol. The normalized spacial score (nSPS) is 10.9. The van der Waals surface area contributed by atoms with Crippen molar-refractivity contribution in [1.82, 2.24) is 0 Å². The van der Waals surface area contributed by atoms with Gasteiger partial charge in [-0.1, -0.05) is 49.7 Å². The second kappa shape index (κ2) is 6.32. The average Bonchev–Trinajstić information content (AvgIpc) is 2.39. The summed E-state index contributed by atoms with van der Waals surface area (Å²) in [6.45, 7) is 8.97. The fourth-order valence-electron chi connectivity index (χ4n) is 2.06. The van der Waals surface area contributed by atoms with Crippen LogP contribution < -0.4 is 4.74 Å². The van der Waals surface area contributed by atoms with E-state index in [1.54, 1.807) is 0 Å². The van der Waals surface area contributed by atoms with E-state index in [0.29, 0.717) is 12.5 Å². The first-order chi connectivity index (χ1) is 9.47. The maximum Gasteiger partial charge on any atom is 0.123 e. The molecule has 0 saturated heterocycles. The van der Waals surface area contributed by atoms with Gasteiger partial charge in [0.1, 0.15) is 12.4 Å². The minimum Gasteiger partial charge on any atom is -0.489 e. The fourth-order valence-corrected chi connectivity index (χ4v) is 2.35. The second-order valence-electron chi connectivity index (χ2n) is 5.56. The van der Waals surface area contributed by atoms with Crippen LogP contribution in [0, 0.1) is 13.8 Å². The number of hydrogen-bond donors (Lipinski definition) is 0. The van der Waals surface area contributed by atoms with Gasteiger partial charge in [-0.2, -0.15) is 0 Å². The first kappa shape index (κ1) is 14.9. The van der Waals surface area contributed by atoms with Crippen molar-refractivity contribution >= 4 is 11.6 Å². The number of aryl methyl sites for hydroxylation is 2. The zero-order valence-corrected chi connectivity index (χ0v) is 13.3. The van der Waals surface area contributed by atoms with Crippen molar-refractivity contribution < 1.29 is 4.74 Å². The fraction of sp³-hybridized carbons (Fsp3) is 0.333. The van der Waals surface area contributed by atoms with Crippen molar-refractivity contribution in [3.8, 4) is 5.75 Å². The van der Waals surface area contributed by atoms with Crippen LogP contribution in [-0.2, 0) is 6.61 Å². The quantitative estimate of drug-likeness (QED) is 0.705. The van der Waals surface area contributed by atoms with Gasteiger partial charge in [-0.05, 0) is 48.6 Å². The predicted octanol–water partition coefficient (Wildman–Crippen LogP) is 5.66. The molecule has 0 aromatic heterocycles. The van der Waals surface area contributed by atoms with Crippen LogP contribution in [0.5, 0.6) is 5.75 Å². The molecule has 0 spiro atoms. The van der Waals surface area contributed by atoms with E-state index in [-0.39, 0.29) is 0 Å². The van der Waals surface area contributed by atoms with Gasteiger partial charge >= 0.3 is 0 Å². The Kier molecular flexibility index (Phi) is 4.72. The van der Waals surface area contributed by atoms with Crippen molar-refractivity contribution in [3.63, 3.8) is 0 Å². The van der Waals surface area contributed by atoms with Crippen LogP contribution in [0.3, 0.4) is 0 Å². The molecule has 0 amide bonds. The number of hydrogen-bond acceptors (Lipinski definition) is 1. The number of halogens is 1. The van der Waals surface area contributed by atoms with Crippen LogP contribution in [0.4, 0.5) is 0 Å². The molecule has 1 nitrogen and oxygen atoms in total. The molecule has 106 valence electrons. The minimum absolute atomic E-state index is 0.501. The van der Waals surface area contributed by atoms with Crippen molar-refractivity contribution in [3.05, 3.63) is 63.7 Å². The van der Waals surface area contributed by atoms with Gasteiger partial charge in [-0.25, -0.2) is 0 Å². The van der Waals surface area contributed by atoms with E-state index in [0.717, 1.165) is 27.5 Å². The van der Waals surface area contributed by atoms with Crippen molar-refractivity contribution in [1.29, 1.82) is 0 Å². The molecule has 2 aromatic rings. The Labute approximate surface area is 126 Å². The summed E-state index contributed by atoms with van der Waals surface area (Å²) in [6, 6.07) is 12.5. The Hall–Kier alpha value is -1.47. The van der Waals surface area contributed by atoms with E-state index in [2.05, 4.69) is 45.0 Å². The molecular formula is C18H21ClO. The largest absolute Gasteiger partial charge is 0.489 e. The summed E-state index contributed by atoms with van der Waals surface area (Å²) < 4.78 is 5.95. The maximum absolute atomic E-state index is 6.24. The summed E-state index contributed by atoms with van der Waals surface area (Å²) in [7, 11) is 0. The van der Waals surface area contributed by atoms with Gasteiger partial charge in [0, 0.05) is 10.6 Å². The highest BCUT2D eigenvalue weighted by Gasteiger charge is 2.06. The lowest BCUT2D eigenvalue weighted by Crippen LogP contribution is -1.99. The third-order valence-electron chi connectivity index (χ3n) is 3.47. The van der Waals surface area contributed by atoms with E-state index >= 15 is 0 Å². The topological polar surface area (TPSA) is 9.23 Å². The van der Waals surface area contributed by atoms with Gasteiger partial charge in [-0.3, -0.25) is 0 Å². The van der Waals surface area contributed by atoms with Crippen LogP contribution >= 0.6 is 11.6 Å². The molecule has 0 saturated carbocycles. The molecular weight excluding hydrogens is 268 g/mol. The van der Waals surface area contributed by atoms with Gasteiger partial charge in [0.05, 0.1) is 0 Å². The summed E-state index contributed by atoms with van der Waals surface area (Å²) in [5.41, 5.74) is 4.63. The lowest BCUT2D eigenvalue weighted by molar-refractivity contribution is 0.303. The molecule has 0 aliphatic rings. The Morgan fingerprint density at radius 3 is 2.45 bits per heavy atom. The molecule has 0 aliphatic heterocycles. The molecule has 0 unspecified atom stereocenters. The third kappa shape index (κ3) is 3.55. The number of rotatable bonds is 4. The summed E-state index contributed by atoms with van der Waals surface area (Å²) in [5.74, 6) is 1.44. The number of ether oxygens (including phenoxy) is 1. The summed E-state index contributed by atoms with van der Waals surface area (Å²) >= 11 is 6.24. The van der Waals surface area contributed by atoms with Gasteiger partial charge in [-0.15, -0.1) is 0 Å². The smallest absolute Gasteiger partial charge is 0.123 e. The third-order valence-corrected chi connectivity index (χ3v) is 3.82. The Morgan fingerprint density at radius 2 is 1.80 bits per heavy atom. The highest BCUT2D eigenvalue weighted by atomic mass is 35.5. The Morgan fingerprint density at radius 1 is 1.05 bits per heavy atom. The Balaban J connectivity index is 2.16. The zero-order valence-electron chi connectivity index (χ0n) is 12.5. The highest BCUT2D eigenvalue weighted by molar-refractivity contribution is 6.31. The molecule has 0 bridgehead atoms. The molecule has 0 atom stereocenters. The lowest BCUT2D eigenvalue weighted by atomic mass is 10.0. The second-order valence-corrected chi connectivity index (χ2v) is 5.97. The standard InChI is InChI=1S/C18H21ClO/c1-12(2)15-8-6-14(4)18(10-15)20-11-16-7-5-13(3)9-17(16)19/h5-10,12H,11H2,1-4H3. The minimum atomic E-state index is 0.501. The monoisotopic (exact) mass is 288 g/mol. The molecule has 0 N–H and O–H groups in total. The maximum atomic E-state index is 6.24. The number of benzene rings is 2. The van der Waals surface area contributed by atoms with Crippen LogP contribution in [0.2, 0.25) is 5.02 Å². The molecule has 2 heteroatoms. The van der Waals surface area contributed by atoms with Crippen LogP contribution in [0.15, 0.2) is 36.4 Å². The molecule has 0 aliphatic carbocycles. The molecule has 2 aromatic carbocycles. The van der Waals surface area contributed by atoms with Crippen molar-refractivity contribution in [2.45, 2.75) is 40.2 Å². The van der Waals surface area contributed by atoms with Gasteiger partial charge in [0.15, 0.2) is 0 Å². The van der Waals surface area contributed by atoms with E-state index < -0.39 is 0 Å².